The van der Waals surface area contributed by atoms with Gasteiger partial charge in [0.25, 0.3) is 0 Å². The molecule has 1 fully saturated rings. The molecule has 4 nitrogen and oxygen atoms in total. The van der Waals surface area contributed by atoms with E-state index in [9.17, 15) is 8.42 Å². The SMILES string of the molecule is NC[C@]1(N)[C@H](c2ccc(Cl)cc2)[C@H]1S(=O)(=O)c1ccccc1. The maximum Gasteiger partial charge on any atom is 0.183 e. The summed E-state index contributed by atoms with van der Waals surface area (Å²) < 4.78 is 25.7. The summed E-state index contributed by atoms with van der Waals surface area (Å²) in [7, 11) is -3.53. The molecule has 22 heavy (non-hydrogen) atoms. The molecule has 0 aromatic heterocycles. The quantitative estimate of drug-likeness (QED) is 0.893. The summed E-state index contributed by atoms with van der Waals surface area (Å²) in [6.45, 7) is 0.108. The zero-order valence-electron chi connectivity index (χ0n) is 11.8. The molecule has 6 heteroatoms. The summed E-state index contributed by atoms with van der Waals surface area (Å²) in [5, 5.41) is -0.115. The second-order valence-electron chi connectivity index (χ2n) is 5.62. The van der Waals surface area contributed by atoms with Gasteiger partial charge in [-0.3, -0.25) is 0 Å². The van der Waals surface area contributed by atoms with Crippen LogP contribution in [-0.2, 0) is 9.84 Å². The van der Waals surface area contributed by atoms with Gasteiger partial charge >= 0.3 is 0 Å². The van der Waals surface area contributed by atoms with Crippen molar-refractivity contribution >= 4 is 21.4 Å². The molecule has 0 spiro atoms. The number of benzene rings is 2. The molecule has 1 saturated carbocycles. The number of hydrogen-bond acceptors (Lipinski definition) is 4. The first kappa shape index (κ1) is 15.5. The summed E-state index contributed by atoms with van der Waals surface area (Å²) >= 11 is 5.89. The molecule has 0 amide bonds. The third-order valence-electron chi connectivity index (χ3n) is 4.29. The standard InChI is InChI=1S/C16H17ClN2O2S/c17-12-8-6-11(7-9-12)14-15(16(14,19)10-18)22(20,21)13-4-2-1-3-5-13/h1-9,14-15H,10,18-19H2/t14-,15-,16+/m1/s1. The Balaban J connectivity index is 2.02. The van der Waals surface area contributed by atoms with E-state index in [4.69, 9.17) is 23.1 Å². The zero-order chi connectivity index (χ0) is 16.0. The number of rotatable bonds is 4. The predicted octanol–water partition coefficient (Wildman–Crippen LogP) is 1.94. The Labute approximate surface area is 135 Å². The maximum atomic E-state index is 12.9. The van der Waals surface area contributed by atoms with Crippen LogP contribution >= 0.6 is 11.6 Å². The van der Waals surface area contributed by atoms with Crippen molar-refractivity contribution in [3.05, 3.63) is 65.2 Å². The predicted molar refractivity (Wildman–Crippen MR) is 87.6 cm³/mol. The molecule has 0 radical (unpaired) electrons. The monoisotopic (exact) mass is 336 g/mol. The van der Waals surface area contributed by atoms with Crippen LogP contribution in [0, 0.1) is 0 Å². The number of nitrogens with two attached hydrogens (primary N) is 2. The first-order valence-corrected chi connectivity index (χ1v) is 8.87. The molecular weight excluding hydrogens is 320 g/mol. The summed E-state index contributed by atoms with van der Waals surface area (Å²) in [6, 6.07) is 15.4. The van der Waals surface area contributed by atoms with E-state index in [1.165, 1.54) is 0 Å². The van der Waals surface area contributed by atoms with E-state index in [0.29, 0.717) is 5.02 Å². The van der Waals surface area contributed by atoms with E-state index >= 15 is 0 Å². The minimum absolute atomic E-state index is 0.108. The average molecular weight is 337 g/mol. The van der Waals surface area contributed by atoms with Gasteiger partial charge in [-0.15, -0.1) is 0 Å². The first-order chi connectivity index (χ1) is 10.4. The Kier molecular flexibility index (Phi) is 3.77. The van der Waals surface area contributed by atoms with Crippen molar-refractivity contribution in [2.75, 3.05) is 6.54 Å². The molecule has 0 unspecified atom stereocenters. The van der Waals surface area contributed by atoms with Crippen LogP contribution in [0.1, 0.15) is 11.5 Å². The Morgan fingerprint density at radius 2 is 1.64 bits per heavy atom. The fourth-order valence-corrected chi connectivity index (χ4v) is 5.51. The third-order valence-corrected chi connectivity index (χ3v) is 6.85. The summed E-state index contributed by atoms with van der Waals surface area (Å²) in [4.78, 5) is 0.278. The highest BCUT2D eigenvalue weighted by Gasteiger charge is 2.68. The Hall–Kier alpha value is -1.40. The van der Waals surface area contributed by atoms with Crippen molar-refractivity contribution in [3.8, 4) is 0 Å². The lowest BCUT2D eigenvalue weighted by atomic mass is 10.1. The molecule has 2 aromatic rings. The van der Waals surface area contributed by atoms with Gasteiger partial charge in [0.2, 0.25) is 0 Å². The van der Waals surface area contributed by atoms with Crippen LogP contribution in [0.3, 0.4) is 0 Å². The molecule has 1 aliphatic rings. The van der Waals surface area contributed by atoms with Crippen molar-refractivity contribution in [1.29, 1.82) is 0 Å². The van der Waals surface area contributed by atoms with E-state index in [-0.39, 0.29) is 17.4 Å². The van der Waals surface area contributed by atoms with Gasteiger partial charge in [0.1, 0.15) is 0 Å². The van der Waals surface area contributed by atoms with Gasteiger partial charge in [0.05, 0.1) is 15.7 Å². The highest BCUT2D eigenvalue weighted by atomic mass is 35.5. The maximum absolute atomic E-state index is 12.9. The highest BCUT2D eigenvalue weighted by Crippen LogP contribution is 2.55. The van der Waals surface area contributed by atoms with Gasteiger partial charge in [-0.1, -0.05) is 41.9 Å². The molecule has 116 valence electrons. The second-order valence-corrected chi connectivity index (χ2v) is 8.13. The lowest BCUT2D eigenvalue weighted by Crippen LogP contribution is -2.39. The molecule has 0 aliphatic heterocycles. The molecule has 0 heterocycles. The largest absolute Gasteiger partial charge is 0.329 e. The number of halogens is 1. The molecule has 1 aliphatic carbocycles. The van der Waals surface area contributed by atoms with Crippen molar-refractivity contribution in [2.45, 2.75) is 21.6 Å². The second kappa shape index (κ2) is 5.35. The van der Waals surface area contributed by atoms with Crippen molar-refractivity contribution < 1.29 is 8.42 Å². The van der Waals surface area contributed by atoms with Crippen LogP contribution in [0.5, 0.6) is 0 Å². The molecule has 0 saturated heterocycles. The van der Waals surface area contributed by atoms with E-state index in [1.54, 1.807) is 42.5 Å². The zero-order valence-corrected chi connectivity index (χ0v) is 13.4. The van der Waals surface area contributed by atoms with E-state index in [1.807, 2.05) is 12.1 Å². The molecule has 3 atom stereocenters. The average Bonchev–Trinajstić information content (AvgIpc) is 3.17. The van der Waals surface area contributed by atoms with Gasteiger partial charge in [-0.25, -0.2) is 8.42 Å². The normalized spacial score (nSPS) is 27.6. The summed E-state index contributed by atoms with van der Waals surface area (Å²) in [5.41, 5.74) is 12.0. The van der Waals surface area contributed by atoms with E-state index in [2.05, 4.69) is 0 Å². The fourth-order valence-electron chi connectivity index (χ4n) is 3.05. The minimum atomic E-state index is -3.53. The van der Waals surface area contributed by atoms with Crippen molar-refractivity contribution in [3.63, 3.8) is 0 Å². The number of hydrogen-bond donors (Lipinski definition) is 2. The van der Waals surface area contributed by atoms with Gasteiger partial charge in [0, 0.05) is 17.5 Å². The van der Waals surface area contributed by atoms with Crippen molar-refractivity contribution in [1.82, 2.24) is 0 Å². The van der Waals surface area contributed by atoms with Gasteiger partial charge in [-0.05, 0) is 29.8 Å². The highest BCUT2D eigenvalue weighted by molar-refractivity contribution is 7.92. The minimum Gasteiger partial charge on any atom is -0.329 e. The van der Waals surface area contributed by atoms with Gasteiger partial charge in [0.15, 0.2) is 9.84 Å². The Morgan fingerprint density at radius 1 is 1.05 bits per heavy atom. The topological polar surface area (TPSA) is 86.2 Å². The fraction of sp³-hybridized carbons (Fsp3) is 0.250. The van der Waals surface area contributed by atoms with E-state index in [0.717, 1.165) is 5.56 Å². The van der Waals surface area contributed by atoms with Crippen LogP contribution in [0.4, 0.5) is 0 Å². The van der Waals surface area contributed by atoms with Crippen LogP contribution in [0.2, 0.25) is 5.02 Å². The first-order valence-electron chi connectivity index (χ1n) is 6.94. The number of sulfone groups is 1. The summed E-state index contributed by atoms with van der Waals surface area (Å²) in [5.74, 6) is -0.319. The third kappa shape index (κ3) is 2.34. The lowest BCUT2D eigenvalue weighted by Gasteiger charge is -2.08. The molecule has 3 rings (SSSR count). The molecule has 2 aromatic carbocycles. The van der Waals surface area contributed by atoms with Crippen LogP contribution in [0.15, 0.2) is 59.5 Å². The Bertz CT molecular complexity index is 778. The molecular formula is C16H17ClN2O2S. The summed E-state index contributed by atoms with van der Waals surface area (Å²) in [6.07, 6.45) is 0. The van der Waals surface area contributed by atoms with Crippen molar-refractivity contribution in [2.24, 2.45) is 11.5 Å². The van der Waals surface area contributed by atoms with E-state index < -0.39 is 20.6 Å². The van der Waals surface area contributed by atoms with Crippen LogP contribution < -0.4 is 11.5 Å². The van der Waals surface area contributed by atoms with Crippen LogP contribution in [-0.4, -0.2) is 25.8 Å². The smallest absolute Gasteiger partial charge is 0.183 e. The van der Waals surface area contributed by atoms with Gasteiger partial charge < -0.3 is 11.5 Å². The van der Waals surface area contributed by atoms with Gasteiger partial charge in [-0.2, -0.15) is 0 Å². The Morgan fingerprint density at radius 3 is 2.18 bits per heavy atom. The molecule has 4 N–H and O–H groups in total. The molecule has 0 bridgehead atoms. The lowest BCUT2D eigenvalue weighted by molar-refractivity contribution is 0.586. The van der Waals surface area contributed by atoms with Crippen LogP contribution in [0.25, 0.3) is 0 Å².